The van der Waals surface area contributed by atoms with Crippen LogP contribution >= 0.6 is 11.6 Å². The summed E-state index contributed by atoms with van der Waals surface area (Å²) in [6.07, 6.45) is 3.91. The number of halogens is 2. The monoisotopic (exact) mass is 385 g/mol. The van der Waals surface area contributed by atoms with Crippen LogP contribution in [0, 0.1) is 5.82 Å². The molecule has 0 radical (unpaired) electrons. The number of nitrogens with one attached hydrogen (secondary N) is 1. The molecule has 1 aromatic heterocycles. The first-order chi connectivity index (χ1) is 11.9. The molecule has 134 valence electrons. The smallest absolute Gasteiger partial charge is 0.216 e. The molecular weight excluding hydrogens is 369 g/mol. The molecule has 0 amide bonds. The molecule has 6 nitrogen and oxygen atoms in total. The van der Waals surface area contributed by atoms with Crippen LogP contribution in [0.15, 0.2) is 36.7 Å². The second kappa shape index (κ2) is 7.33. The highest BCUT2D eigenvalue weighted by Gasteiger charge is 2.40. The van der Waals surface area contributed by atoms with Crippen LogP contribution in [0.2, 0.25) is 5.02 Å². The number of aromatic nitrogens is 2. The van der Waals surface area contributed by atoms with Crippen molar-refractivity contribution in [2.45, 2.75) is 24.1 Å². The maximum Gasteiger partial charge on any atom is 0.216 e. The Kier molecular flexibility index (Phi) is 5.33. The maximum atomic E-state index is 14.1. The van der Waals surface area contributed by atoms with Crippen LogP contribution in [0.1, 0.15) is 24.2 Å². The van der Waals surface area contributed by atoms with Crippen molar-refractivity contribution in [2.75, 3.05) is 13.2 Å². The molecule has 0 saturated carbocycles. The van der Waals surface area contributed by atoms with Crippen LogP contribution in [0.5, 0.6) is 0 Å². The van der Waals surface area contributed by atoms with Crippen LogP contribution in [0.3, 0.4) is 0 Å². The molecule has 1 aliphatic rings. The molecular formula is C16H17ClFN3O3S. The SMILES string of the molecule is O=S(=O)(Cc1cccc(Cl)c1F)NC1(c2ncccn2)CCOCC1. The molecule has 0 atom stereocenters. The van der Waals surface area contributed by atoms with Gasteiger partial charge < -0.3 is 4.74 Å². The average Bonchev–Trinajstić information content (AvgIpc) is 2.60. The van der Waals surface area contributed by atoms with E-state index < -0.39 is 27.1 Å². The molecule has 0 aliphatic carbocycles. The van der Waals surface area contributed by atoms with Gasteiger partial charge in [0.1, 0.15) is 11.6 Å². The Morgan fingerprint density at radius 1 is 1.20 bits per heavy atom. The summed E-state index contributed by atoms with van der Waals surface area (Å²) in [5.41, 5.74) is -0.955. The zero-order valence-corrected chi connectivity index (χ0v) is 14.9. The fourth-order valence-electron chi connectivity index (χ4n) is 2.84. The average molecular weight is 386 g/mol. The van der Waals surface area contributed by atoms with E-state index in [0.717, 1.165) is 0 Å². The highest BCUT2D eigenvalue weighted by Crippen LogP contribution is 2.31. The summed E-state index contributed by atoms with van der Waals surface area (Å²) in [6, 6.07) is 5.95. The first-order valence-corrected chi connectivity index (χ1v) is 9.75. The lowest BCUT2D eigenvalue weighted by molar-refractivity contribution is 0.0425. The summed E-state index contributed by atoms with van der Waals surface area (Å²) in [6.45, 7) is 0.763. The molecule has 1 fully saturated rings. The second-order valence-electron chi connectivity index (χ2n) is 5.84. The van der Waals surface area contributed by atoms with Crippen molar-refractivity contribution in [1.29, 1.82) is 0 Å². The molecule has 2 aromatic rings. The predicted molar refractivity (Wildman–Crippen MR) is 90.9 cm³/mol. The van der Waals surface area contributed by atoms with Gasteiger partial charge in [-0.15, -0.1) is 0 Å². The van der Waals surface area contributed by atoms with Gasteiger partial charge in [0.2, 0.25) is 10.0 Å². The first kappa shape index (κ1) is 18.2. The lowest BCUT2D eigenvalue weighted by Crippen LogP contribution is -2.50. The van der Waals surface area contributed by atoms with Gasteiger partial charge in [-0.25, -0.2) is 27.5 Å². The summed E-state index contributed by atoms with van der Waals surface area (Å²) in [7, 11) is -3.86. The highest BCUT2D eigenvalue weighted by molar-refractivity contribution is 7.88. The van der Waals surface area contributed by atoms with Crippen LogP contribution in [0.4, 0.5) is 4.39 Å². The predicted octanol–water partition coefficient (Wildman–Crippen LogP) is 2.39. The summed E-state index contributed by atoms with van der Waals surface area (Å²) in [5, 5.41) is -0.111. The van der Waals surface area contributed by atoms with Gasteiger partial charge in [0.05, 0.1) is 16.3 Å². The fourth-order valence-corrected chi connectivity index (χ4v) is 4.63. The lowest BCUT2D eigenvalue weighted by Gasteiger charge is -2.36. The van der Waals surface area contributed by atoms with E-state index in [-0.39, 0.29) is 10.6 Å². The van der Waals surface area contributed by atoms with E-state index in [2.05, 4.69) is 14.7 Å². The molecule has 1 N–H and O–H groups in total. The summed E-state index contributed by atoms with van der Waals surface area (Å²) >= 11 is 5.73. The van der Waals surface area contributed by atoms with E-state index in [9.17, 15) is 12.8 Å². The zero-order valence-electron chi connectivity index (χ0n) is 13.3. The van der Waals surface area contributed by atoms with Gasteiger partial charge in [-0.3, -0.25) is 0 Å². The van der Waals surface area contributed by atoms with E-state index in [1.807, 2.05) is 0 Å². The molecule has 0 unspecified atom stereocenters. The second-order valence-corrected chi connectivity index (χ2v) is 7.97. The Labute approximate surface area is 150 Å². The molecule has 3 rings (SSSR count). The molecule has 2 heterocycles. The van der Waals surface area contributed by atoms with Crippen molar-refractivity contribution < 1.29 is 17.5 Å². The third-order valence-corrected chi connectivity index (χ3v) is 5.75. The maximum absolute atomic E-state index is 14.1. The van der Waals surface area contributed by atoms with Crippen LogP contribution in [-0.2, 0) is 26.1 Å². The number of nitrogens with zero attached hydrogens (tertiary/aromatic N) is 2. The number of hydrogen-bond acceptors (Lipinski definition) is 5. The molecule has 0 bridgehead atoms. The van der Waals surface area contributed by atoms with Gasteiger partial charge in [-0.2, -0.15) is 0 Å². The van der Waals surface area contributed by atoms with Gasteiger partial charge in [-0.1, -0.05) is 23.7 Å². The van der Waals surface area contributed by atoms with Gasteiger partial charge >= 0.3 is 0 Å². The van der Waals surface area contributed by atoms with E-state index in [4.69, 9.17) is 16.3 Å². The Morgan fingerprint density at radius 2 is 1.88 bits per heavy atom. The molecule has 9 heteroatoms. The summed E-state index contributed by atoms with van der Waals surface area (Å²) in [5.74, 6) is -0.866. The third kappa shape index (κ3) is 4.14. The molecule has 1 saturated heterocycles. The molecule has 0 spiro atoms. The van der Waals surface area contributed by atoms with E-state index in [1.54, 1.807) is 18.5 Å². The zero-order chi connectivity index (χ0) is 17.9. The Bertz CT molecular complexity index is 843. The molecule has 25 heavy (non-hydrogen) atoms. The highest BCUT2D eigenvalue weighted by atomic mass is 35.5. The Balaban J connectivity index is 1.89. The number of ether oxygens (including phenoxy) is 1. The summed E-state index contributed by atoms with van der Waals surface area (Å²) in [4.78, 5) is 8.42. The van der Waals surface area contributed by atoms with Crippen molar-refractivity contribution in [1.82, 2.24) is 14.7 Å². The third-order valence-electron chi connectivity index (χ3n) is 4.07. The number of sulfonamides is 1. The van der Waals surface area contributed by atoms with E-state index >= 15 is 0 Å². The fraction of sp³-hybridized carbons (Fsp3) is 0.375. The molecule has 1 aromatic carbocycles. The number of rotatable bonds is 5. The van der Waals surface area contributed by atoms with Crippen molar-refractivity contribution >= 4 is 21.6 Å². The van der Waals surface area contributed by atoms with E-state index in [1.165, 1.54) is 18.2 Å². The number of benzene rings is 1. The first-order valence-electron chi connectivity index (χ1n) is 7.72. The van der Waals surface area contributed by atoms with Gasteiger partial charge in [0, 0.05) is 31.2 Å². The minimum absolute atomic E-state index is 0.0104. The number of hydrogen-bond donors (Lipinski definition) is 1. The molecule has 1 aliphatic heterocycles. The van der Waals surface area contributed by atoms with Gasteiger partial charge in [0.15, 0.2) is 0 Å². The standard InChI is InChI=1S/C16H17ClFN3O3S/c17-13-4-1-3-12(14(13)18)11-25(22,23)21-16(5-9-24-10-6-16)15-19-7-2-8-20-15/h1-4,7-8,21H,5-6,9-11H2. The van der Waals surface area contributed by atoms with Crippen molar-refractivity contribution in [2.24, 2.45) is 0 Å². The topological polar surface area (TPSA) is 81.2 Å². The minimum atomic E-state index is -3.86. The van der Waals surface area contributed by atoms with Crippen LogP contribution in [-0.4, -0.2) is 31.6 Å². The normalized spacial score (nSPS) is 17.4. The summed E-state index contributed by atoms with van der Waals surface area (Å²) < 4.78 is 47.5. The van der Waals surface area contributed by atoms with E-state index in [0.29, 0.717) is 31.9 Å². The Hall–Kier alpha value is -1.61. The van der Waals surface area contributed by atoms with Crippen molar-refractivity contribution in [3.63, 3.8) is 0 Å². The quantitative estimate of drug-likeness (QED) is 0.854. The Morgan fingerprint density at radius 3 is 2.56 bits per heavy atom. The van der Waals surface area contributed by atoms with Gasteiger partial charge in [0.25, 0.3) is 0 Å². The van der Waals surface area contributed by atoms with Crippen molar-refractivity contribution in [3.05, 3.63) is 58.9 Å². The van der Waals surface area contributed by atoms with Crippen LogP contribution < -0.4 is 4.72 Å². The largest absolute Gasteiger partial charge is 0.381 e. The van der Waals surface area contributed by atoms with Gasteiger partial charge in [-0.05, 0) is 25.0 Å². The van der Waals surface area contributed by atoms with Crippen LogP contribution in [0.25, 0.3) is 0 Å². The van der Waals surface area contributed by atoms with Crippen molar-refractivity contribution in [3.8, 4) is 0 Å². The minimum Gasteiger partial charge on any atom is -0.381 e. The lowest BCUT2D eigenvalue weighted by atomic mass is 9.90.